The molecule has 0 spiro atoms. The van der Waals surface area contributed by atoms with Crippen LogP contribution in [0.5, 0.6) is 0 Å². The molecule has 182 valence electrons. The molecule has 3 rings (SSSR count). The van der Waals surface area contributed by atoms with E-state index < -0.39 is 48.3 Å². The van der Waals surface area contributed by atoms with Gasteiger partial charge in [0.2, 0.25) is 5.95 Å². The average Bonchev–Trinajstić information content (AvgIpc) is 3.27. The number of imidazole rings is 1. The van der Waals surface area contributed by atoms with Gasteiger partial charge in [-0.3, -0.25) is 28.8 Å². The van der Waals surface area contributed by atoms with Gasteiger partial charge in [0.25, 0.3) is 5.56 Å². The van der Waals surface area contributed by atoms with Crippen LogP contribution in [0.25, 0.3) is 11.2 Å². The van der Waals surface area contributed by atoms with Gasteiger partial charge >= 0.3 is 11.9 Å². The first kappa shape index (κ1) is 24.5. The summed E-state index contributed by atoms with van der Waals surface area (Å²) in [6.07, 6.45) is -6.05. The number of nitrogens with one attached hydrogen (secondary N) is 1. The molecule has 15 nitrogen and oxygen atoms in total. The van der Waals surface area contributed by atoms with Crippen LogP contribution in [0, 0.1) is 0 Å². The summed E-state index contributed by atoms with van der Waals surface area (Å²) in [6.45, 7) is 0.170. The molecule has 1 saturated heterocycles. The number of hydrogen-bond donors (Lipinski definition) is 7. The van der Waals surface area contributed by atoms with Crippen LogP contribution in [-0.4, -0.2) is 99.5 Å². The number of carbonyl (C=O) groups is 2. The van der Waals surface area contributed by atoms with Gasteiger partial charge in [-0.25, -0.2) is 4.98 Å². The minimum Gasteiger partial charge on any atom is -0.481 e. The van der Waals surface area contributed by atoms with Crippen molar-refractivity contribution in [2.45, 2.75) is 56.5 Å². The smallest absolute Gasteiger partial charge is 0.303 e. The predicted octanol–water partition coefficient (Wildman–Crippen LogP) is -2.33. The van der Waals surface area contributed by atoms with Crippen LogP contribution >= 0.6 is 0 Å². The fourth-order valence-electron chi connectivity index (χ4n) is 3.74. The molecule has 1 unspecified atom stereocenters. The van der Waals surface area contributed by atoms with Crippen molar-refractivity contribution in [3.05, 3.63) is 16.7 Å². The van der Waals surface area contributed by atoms with Crippen LogP contribution < -0.4 is 11.3 Å². The molecule has 2 aromatic heterocycles. The Labute approximate surface area is 186 Å². The molecule has 1 aliphatic heterocycles. The number of rotatable bonds is 11. The molecular formula is C18H26N6O9. The number of carboxylic acids is 2. The lowest BCUT2D eigenvalue weighted by molar-refractivity contribution is -0.144. The van der Waals surface area contributed by atoms with E-state index in [-0.39, 0.29) is 55.9 Å². The number of aromatic amines is 1. The first-order valence-electron chi connectivity index (χ1n) is 10.2. The van der Waals surface area contributed by atoms with Crippen molar-refractivity contribution in [2.24, 2.45) is 0 Å². The fraction of sp³-hybridized carbons (Fsp3) is 0.611. The lowest BCUT2D eigenvalue weighted by atomic mass is 10.1. The SMILES string of the molecule is Nc1nc2c(ncn2[C@@H]2O[C@H](C(O)N(CCCC(=O)O)CCCC(=O)O)[C@@H](O)[C@H]2O)c(=O)[nH]1. The van der Waals surface area contributed by atoms with E-state index in [1.54, 1.807) is 0 Å². The highest BCUT2D eigenvalue weighted by molar-refractivity contribution is 5.70. The van der Waals surface area contributed by atoms with Crippen molar-refractivity contribution in [2.75, 3.05) is 18.8 Å². The molecule has 0 radical (unpaired) electrons. The van der Waals surface area contributed by atoms with Crippen molar-refractivity contribution >= 4 is 29.1 Å². The highest BCUT2D eigenvalue weighted by Crippen LogP contribution is 2.33. The lowest BCUT2D eigenvalue weighted by Crippen LogP contribution is -2.49. The molecule has 15 heteroatoms. The number of hydrogen-bond acceptors (Lipinski definition) is 11. The molecule has 1 fully saturated rings. The molecule has 0 amide bonds. The molecule has 5 atom stereocenters. The number of anilines is 1. The zero-order chi connectivity index (χ0) is 24.3. The Hall–Kier alpha value is -3.11. The van der Waals surface area contributed by atoms with E-state index in [0.717, 1.165) is 0 Å². The second-order valence-corrected chi connectivity index (χ2v) is 7.69. The zero-order valence-corrected chi connectivity index (χ0v) is 17.4. The topological polar surface area (TPSA) is 237 Å². The van der Waals surface area contributed by atoms with E-state index in [4.69, 9.17) is 20.7 Å². The Kier molecular flexibility index (Phi) is 7.60. The van der Waals surface area contributed by atoms with Crippen molar-refractivity contribution in [3.63, 3.8) is 0 Å². The molecule has 1 aliphatic rings. The summed E-state index contributed by atoms with van der Waals surface area (Å²) >= 11 is 0. The Bertz CT molecular complexity index is 1040. The molecular weight excluding hydrogens is 444 g/mol. The fourth-order valence-corrected chi connectivity index (χ4v) is 3.74. The van der Waals surface area contributed by atoms with Crippen LogP contribution in [0.3, 0.4) is 0 Å². The van der Waals surface area contributed by atoms with E-state index in [0.29, 0.717) is 0 Å². The monoisotopic (exact) mass is 470 g/mol. The van der Waals surface area contributed by atoms with Crippen LogP contribution in [0.2, 0.25) is 0 Å². The second kappa shape index (κ2) is 10.2. The molecule has 0 saturated carbocycles. The number of nitrogens with zero attached hydrogens (tertiary/aromatic N) is 4. The highest BCUT2D eigenvalue weighted by Gasteiger charge is 2.48. The molecule has 0 aromatic carbocycles. The third-order valence-electron chi connectivity index (χ3n) is 5.34. The van der Waals surface area contributed by atoms with Crippen LogP contribution in [0.1, 0.15) is 31.9 Å². The van der Waals surface area contributed by atoms with Gasteiger partial charge in [0.1, 0.15) is 24.5 Å². The van der Waals surface area contributed by atoms with Gasteiger partial charge in [-0.1, -0.05) is 0 Å². The maximum atomic E-state index is 12.0. The normalized spacial score (nSPS) is 23.9. The number of aliphatic carboxylic acids is 2. The average molecular weight is 470 g/mol. The summed E-state index contributed by atoms with van der Waals surface area (Å²) in [5.41, 5.74) is 4.90. The number of ether oxygens (including phenoxy) is 1. The number of aliphatic hydroxyl groups excluding tert-OH is 3. The van der Waals surface area contributed by atoms with Gasteiger partial charge in [-0.15, -0.1) is 0 Å². The quantitative estimate of drug-likeness (QED) is 0.171. The van der Waals surface area contributed by atoms with E-state index in [2.05, 4.69) is 15.0 Å². The molecule has 0 aliphatic carbocycles. The van der Waals surface area contributed by atoms with Crippen molar-refractivity contribution in [1.29, 1.82) is 0 Å². The van der Waals surface area contributed by atoms with Crippen LogP contribution in [0.15, 0.2) is 11.1 Å². The van der Waals surface area contributed by atoms with Crippen LogP contribution in [0.4, 0.5) is 5.95 Å². The van der Waals surface area contributed by atoms with Gasteiger partial charge in [-0.2, -0.15) is 4.98 Å². The van der Waals surface area contributed by atoms with Crippen molar-refractivity contribution in [3.8, 4) is 0 Å². The second-order valence-electron chi connectivity index (χ2n) is 7.69. The van der Waals surface area contributed by atoms with Gasteiger partial charge in [-0.05, 0) is 12.8 Å². The number of H-pyrrole nitrogens is 1. The Balaban J connectivity index is 1.80. The highest BCUT2D eigenvalue weighted by atomic mass is 16.6. The largest absolute Gasteiger partial charge is 0.481 e. The number of fused-ring (bicyclic) bond motifs is 1. The van der Waals surface area contributed by atoms with E-state index in [1.165, 1.54) is 15.8 Å². The molecule has 2 aromatic rings. The van der Waals surface area contributed by atoms with Crippen LogP contribution in [-0.2, 0) is 14.3 Å². The minimum atomic E-state index is -1.57. The van der Waals surface area contributed by atoms with Gasteiger partial charge in [0.05, 0.1) is 6.33 Å². The molecule has 0 bridgehead atoms. The van der Waals surface area contributed by atoms with E-state index in [1.807, 2.05) is 0 Å². The van der Waals surface area contributed by atoms with Gasteiger partial charge < -0.3 is 36.0 Å². The molecule has 3 heterocycles. The minimum absolute atomic E-state index is 0.00223. The van der Waals surface area contributed by atoms with Gasteiger partial charge in [0, 0.05) is 25.9 Å². The predicted molar refractivity (Wildman–Crippen MR) is 110 cm³/mol. The first-order chi connectivity index (χ1) is 15.6. The third-order valence-corrected chi connectivity index (χ3v) is 5.34. The Morgan fingerprint density at radius 3 is 2.36 bits per heavy atom. The maximum absolute atomic E-state index is 12.0. The maximum Gasteiger partial charge on any atom is 0.303 e. The standard InChI is InChI=1S/C18H26N6O9/c19-18-21-14-10(15(31)22-18)20-7-24(14)17-12(30)11(29)13(33-17)16(32)23(5-1-3-8(25)26)6-2-4-9(27)28/h7,11-13,16-17,29-30,32H,1-6H2,(H,25,26)(H,27,28)(H3,19,21,22,31)/t11-,12+,13-,16?,17+/m0/s1. The summed E-state index contributed by atoms with van der Waals surface area (Å²) in [5, 5.41) is 49.7. The van der Waals surface area contributed by atoms with E-state index in [9.17, 15) is 29.7 Å². The number of aromatic nitrogens is 4. The lowest BCUT2D eigenvalue weighted by Gasteiger charge is -2.32. The summed E-state index contributed by atoms with van der Waals surface area (Å²) < 4.78 is 6.93. The number of aliphatic hydroxyl groups is 3. The molecule has 33 heavy (non-hydrogen) atoms. The van der Waals surface area contributed by atoms with E-state index >= 15 is 0 Å². The number of nitrogen functional groups attached to an aromatic ring is 1. The summed E-state index contributed by atoms with van der Waals surface area (Å²) in [6, 6.07) is 0. The number of nitrogens with two attached hydrogens (primary N) is 1. The Morgan fingerprint density at radius 1 is 1.18 bits per heavy atom. The number of carboxylic acid groups (broad SMARTS) is 2. The van der Waals surface area contributed by atoms with Crippen molar-refractivity contribution < 1.29 is 39.9 Å². The van der Waals surface area contributed by atoms with Gasteiger partial charge in [0.15, 0.2) is 17.4 Å². The summed E-state index contributed by atoms with van der Waals surface area (Å²) in [7, 11) is 0. The van der Waals surface area contributed by atoms with Crippen molar-refractivity contribution in [1.82, 2.24) is 24.4 Å². The third kappa shape index (κ3) is 5.45. The Morgan fingerprint density at radius 2 is 1.79 bits per heavy atom. The summed E-state index contributed by atoms with van der Waals surface area (Å²) in [5.74, 6) is -2.25. The first-order valence-corrected chi connectivity index (χ1v) is 10.2. The molecule has 8 N–H and O–H groups in total. The zero-order valence-electron chi connectivity index (χ0n) is 17.4. The summed E-state index contributed by atoms with van der Waals surface area (Å²) in [4.78, 5) is 45.2.